The van der Waals surface area contributed by atoms with Crippen LogP contribution >= 0.6 is 11.6 Å². The summed E-state index contributed by atoms with van der Waals surface area (Å²) in [6.07, 6.45) is 1.75. The summed E-state index contributed by atoms with van der Waals surface area (Å²) >= 11 is 5.63. The molecular weight excluding hydrogens is 272 g/mol. The number of benzene rings is 1. The first-order valence-corrected chi connectivity index (χ1v) is 6.68. The van der Waals surface area contributed by atoms with Gasteiger partial charge < -0.3 is 5.32 Å². The van der Waals surface area contributed by atoms with Crippen molar-refractivity contribution in [3.05, 3.63) is 35.4 Å². The summed E-state index contributed by atoms with van der Waals surface area (Å²) < 4.78 is 25.8. The number of carbonyl (C=O) groups is 1. The van der Waals surface area contributed by atoms with Gasteiger partial charge in [0.2, 0.25) is 0 Å². The Morgan fingerprint density at radius 2 is 2.00 bits per heavy atom. The van der Waals surface area contributed by atoms with Crippen molar-refractivity contribution in [3.63, 3.8) is 0 Å². The molecule has 0 heterocycles. The van der Waals surface area contributed by atoms with Gasteiger partial charge in [-0.3, -0.25) is 4.79 Å². The molecule has 2 nitrogen and oxygen atoms in total. The molecule has 0 aromatic heterocycles. The summed E-state index contributed by atoms with van der Waals surface area (Å²) in [5.74, 6) is -1.80. The molecular formula is C14H18ClF2NO. The highest BCUT2D eigenvalue weighted by molar-refractivity contribution is 6.17. The number of alkyl halides is 1. The van der Waals surface area contributed by atoms with Crippen LogP contribution in [0, 0.1) is 17.0 Å². The van der Waals surface area contributed by atoms with E-state index in [0.29, 0.717) is 12.4 Å². The van der Waals surface area contributed by atoms with E-state index in [1.165, 1.54) is 6.07 Å². The lowest BCUT2D eigenvalue weighted by molar-refractivity contribution is 0.0934. The van der Waals surface area contributed by atoms with Gasteiger partial charge in [-0.1, -0.05) is 13.8 Å². The Kier molecular flexibility index (Phi) is 5.73. The molecule has 0 saturated carbocycles. The van der Waals surface area contributed by atoms with Crippen LogP contribution in [0.15, 0.2) is 18.2 Å². The molecule has 19 heavy (non-hydrogen) atoms. The number of hydrogen-bond acceptors (Lipinski definition) is 1. The van der Waals surface area contributed by atoms with Crippen molar-refractivity contribution in [2.75, 3.05) is 12.4 Å². The zero-order valence-corrected chi connectivity index (χ0v) is 11.9. The van der Waals surface area contributed by atoms with E-state index in [0.717, 1.165) is 25.0 Å². The topological polar surface area (TPSA) is 29.1 Å². The molecule has 0 fully saturated rings. The van der Waals surface area contributed by atoms with E-state index in [1.807, 2.05) is 13.8 Å². The van der Waals surface area contributed by atoms with Gasteiger partial charge in [-0.25, -0.2) is 8.78 Å². The summed E-state index contributed by atoms with van der Waals surface area (Å²) in [4.78, 5) is 11.8. The summed E-state index contributed by atoms with van der Waals surface area (Å²) in [5, 5.41) is 2.72. The second kappa shape index (κ2) is 6.85. The van der Waals surface area contributed by atoms with Crippen LogP contribution in [0.25, 0.3) is 0 Å². The maximum atomic E-state index is 13.0. The highest BCUT2D eigenvalue weighted by atomic mass is 35.5. The predicted octanol–water partition coefficient (Wildman–Crippen LogP) is 3.74. The van der Waals surface area contributed by atoms with Crippen LogP contribution in [0.3, 0.4) is 0 Å². The van der Waals surface area contributed by atoms with Gasteiger partial charge in [0.05, 0.1) is 0 Å². The normalized spacial score (nSPS) is 11.4. The quantitative estimate of drug-likeness (QED) is 0.794. The Hall–Kier alpha value is -1.16. The van der Waals surface area contributed by atoms with Crippen molar-refractivity contribution in [1.29, 1.82) is 0 Å². The van der Waals surface area contributed by atoms with Crippen LogP contribution in [-0.2, 0) is 0 Å². The third-order valence-electron chi connectivity index (χ3n) is 2.90. The fourth-order valence-electron chi connectivity index (χ4n) is 1.69. The van der Waals surface area contributed by atoms with E-state index < -0.39 is 17.5 Å². The molecule has 0 unspecified atom stereocenters. The molecule has 1 rings (SSSR count). The zero-order chi connectivity index (χ0) is 14.5. The molecule has 0 aliphatic carbocycles. The molecule has 0 atom stereocenters. The maximum Gasteiger partial charge on any atom is 0.251 e. The molecule has 0 aliphatic rings. The second-order valence-electron chi connectivity index (χ2n) is 5.27. The van der Waals surface area contributed by atoms with Crippen LogP contribution < -0.4 is 5.32 Å². The number of carbonyl (C=O) groups excluding carboxylic acids is 1. The summed E-state index contributed by atoms with van der Waals surface area (Å²) in [7, 11) is 0. The molecule has 0 bridgehead atoms. The molecule has 1 amide bonds. The van der Waals surface area contributed by atoms with Crippen LogP contribution in [-0.4, -0.2) is 18.3 Å². The molecule has 1 aromatic carbocycles. The van der Waals surface area contributed by atoms with Gasteiger partial charge in [0, 0.05) is 18.0 Å². The van der Waals surface area contributed by atoms with Gasteiger partial charge in [-0.2, -0.15) is 0 Å². The minimum atomic E-state index is -1.02. The SMILES string of the molecule is CC(C)(CCCCl)CNC(=O)c1ccc(F)c(F)c1. The van der Waals surface area contributed by atoms with E-state index >= 15 is 0 Å². The largest absolute Gasteiger partial charge is 0.352 e. The Balaban J connectivity index is 2.57. The number of halogens is 3. The van der Waals surface area contributed by atoms with Gasteiger partial charge in [-0.05, 0) is 36.5 Å². The van der Waals surface area contributed by atoms with E-state index in [2.05, 4.69) is 5.32 Å². The number of rotatable bonds is 6. The van der Waals surface area contributed by atoms with Crippen molar-refractivity contribution in [3.8, 4) is 0 Å². The highest BCUT2D eigenvalue weighted by Crippen LogP contribution is 2.21. The molecule has 0 saturated heterocycles. The van der Waals surface area contributed by atoms with Crippen molar-refractivity contribution >= 4 is 17.5 Å². The average molecular weight is 290 g/mol. The van der Waals surface area contributed by atoms with Gasteiger partial charge in [0.25, 0.3) is 5.91 Å². The van der Waals surface area contributed by atoms with Crippen LogP contribution in [0.5, 0.6) is 0 Å². The Labute approximate surface area is 117 Å². The molecule has 1 aromatic rings. The van der Waals surface area contributed by atoms with Crippen LogP contribution in [0.4, 0.5) is 8.78 Å². The van der Waals surface area contributed by atoms with E-state index in [1.54, 1.807) is 0 Å². The zero-order valence-electron chi connectivity index (χ0n) is 11.1. The number of amides is 1. The molecule has 5 heteroatoms. The number of hydrogen-bond donors (Lipinski definition) is 1. The van der Waals surface area contributed by atoms with Crippen molar-refractivity contribution in [1.82, 2.24) is 5.32 Å². The third kappa shape index (κ3) is 5.15. The first-order valence-electron chi connectivity index (χ1n) is 6.15. The standard InChI is InChI=1S/C14H18ClF2NO/c1-14(2,6-3-7-15)9-18-13(19)10-4-5-11(16)12(17)8-10/h4-5,8H,3,6-7,9H2,1-2H3,(H,18,19). The van der Waals surface area contributed by atoms with Crippen molar-refractivity contribution in [2.24, 2.45) is 5.41 Å². The van der Waals surface area contributed by atoms with E-state index in [4.69, 9.17) is 11.6 Å². The third-order valence-corrected chi connectivity index (χ3v) is 3.16. The Morgan fingerprint density at radius 3 is 2.58 bits per heavy atom. The fourth-order valence-corrected chi connectivity index (χ4v) is 1.83. The van der Waals surface area contributed by atoms with Gasteiger partial charge >= 0.3 is 0 Å². The molecule has 0 aliphatic heterocycles. The number of nitrogens with one attached hydrogen (secondary N) is 1. The van der Waals surface area contributed by atoms with Gasteiger partial charge in [-0.15, -0.1) is 11.6 Å². The second-order valence-corrected chi connectivity index (χ2v) is 5.65. The molecule has 0 radical (unpaired) electrons. The molecule has 0 spiro atoms. The minimum Gasteiger partial charge on any atom is -0.352 e. The van der Waals surface area contributed by atoms with Gasteiger partial charge in [0.1, 0.15) is 0 Å². The molecule has 1 N–H and O–H groups in total. The summed E-state index contributed by atoms with van der Waals surface area (Å²) in [6.45, 7) is 4.50. The van der Waals surface area contributed by atoms with E-state index in [-0.39, 0.29) is 11.0 Å². The van der Waals surface area contributed by atoms with Crippen LogP contribution in [0.2, 0.25) is 0 Å². The minimum absolute atomic E-state index is 0.0802. The maximum absolute atomic E-state index is 13.0. The Morgan fingerprint density at radius 1 is 1.32 bits per heavy atom. The lowest BCUT2D eigenvalue weighted by atomic mass is 9.88. The Bertz CT molecular complexity index is 449. The summed E-state index contributed by atoms with van der Waals surface area (Å²) in [5.41, 5.74) is 0.0374. The van der Waals surface area contributed by atoms with Crippen LogP contribution in [0.1, 0.15) is 37.0 Å². The lowest BCUT2D eigenvalue weighted by Crippen LogP contribution is -2.34. The lowest BCUT2D eigenvalue weighted by Gasteiger charge is -2.24. The predicted molar refractivity (Wildman–Crippen MR) is 72.4 cm³/mol. The van der Waals surface area contributed by atoms with Crippen molar-refractivity contribution < 1.29 is 13.6 Å². The van der Waals surface area contributed by atoms with E-state index in [9.17, 15) is 13.6 Å². The first kappa shape index (κ1) is 15.9. The smallest absolute Gasteiger partial charge is 0.251 e. The fraction of sp³-hybridized carbons (Fsp3) is 0.500. The average Bonchev–Trinajstić information content (AvgIpc) is 2.37. The summed E-state index contributed by atoms with van der Waals surface area (Å²) in [6, 6.07) is 3.11. The van der Waals surface area contributed by atoms with Gasteiger partial charge in [0.15, 0.2) is 11.6 Å². The molecule has 106 valence electrons. The monoisotopic (exact) mass is 289 g/mol. The van der Waals surface area contributed by atoms with Crippen molar-refractivity contribution in [2.45, 2.75) is 26.7 Å². The highest BCUT2D eigenvalue weighted by Gasteiger charge is 2.19. The first-order chi connectivity index (χ1) is 8.85.